The summed E-state index contributed by atoms with van der Waals surface area (Å²) in [5.74, 6) is 0.0326. The number of anilines is 1. The Morgan fingerprint density at radius 1 is 1.38 bits per heavy atom. The first-order chi connectivity index (χ1) is 12.3. The van der Waals surface area contributed by atoms with Crippen molar-refractivity contribution in [2.45, 2.75) is 25.8 Å². The topological polar surface area (TPSA) is 105 Å². The minimum atomic E-state index is -1.22. The number of aryl methyl sites for hydroxylation is 1. The Labute approximate surface area is 154 Å². The van der Waals surface area contributed by atoms with Gasteiger partial charge in [0.25, 0.3) is 5.91 Å². The molecule has 1 saturated heterocycles. The molecule has 1 aromatic heterocycles. The van der Waals surface area contributed by atoms with Crippen molar-refractivity contribution in [3.63, 3.8) is 0 Å². The third-order valence-corrected chi connectivity index (χ3v) is 4.37. The van der Waals surface area contributed by atoms with Crippen LogP contribution in [0.25, 0.3) is 0 Å². The first kappa shape index (κ1) is 17.9. The maximum Gasteiger partial charge on any atom is 0.325 e. The number of nitrogens with zero attached hydrogens (tertiary/aromatic N) is 2. The lowest BCUT2D eigenvalue weighted by atomic mass is 9.92. The SMILES string of the molecule is Cc1cc(NC(=O)CCN2C(=O)NC(C)(c3cccc(Cl)c3)C2=O)no1. The van der Waals surface area contributed by atoms with E-state index in [0.29, 0.717) is 16.3 Å². The van der Waals surface area contributed by atoms with Crippen LogP contribution in [0.3, 0.4) is 0 Å². The number of amides is 4. The van der Waals surface area contributed by atoms with Crippen molar-refractivity contribution in [2.24, 2.45) is 0 Å². The number of hydrogen-bond donors (Lipinski definition) is 2. The summed E-state index contributed by atoms with van der Waals surface area (Å²) in [6.45, 7) is 3.26. The van der Waals surface area contributed by atoms with Gasteiger partial charge in [-0.05, 0) is 31.5 Å². The minimum absolute atomic E-state index is 0.0521. The van der Waals surface area contributed by atoms with Crippen LogP contribution < -0.4 is 10.6 Å². The number of rotatable bonds is 5. The van der Waals surface area contributed by atoms with Gasteiger partial charge >= 0.3 is 6.03 Å². The molecule has 1 aromatic carbocycles. The first-order valence-electron chi connectivity index (χ1n) is 7.93. The molecule has 1 aliphatic heterocycles. The van der Waals surface area contributed by atoms with Gasteiger partial charge in [-0.2, -0.15) is 0 Å². The van der Waals surface area contributed by atoms with Gasteiger partial charge in [0.05, 0.1) is 0 Å². The standard InChI is InChI=1S/C17H17ClN4O4/c1-10-8-13(21-26-10)19-14(23)6-7-22-15(24)17(2,20-16(22)25)11-4-3-5-12(18)9-11/h3-5,8-9H,6-7H2,1-2H3,(H,20,25)(H,19,21,23). The van der Waals surface area contributed by atoms with Gasteiger partial charge in [-0.3, -0.25) is 14.5 Å². The zero-order chi connectivity index (χ0) is 18.9. The quantitative estimate of drug-likeness (QED) is 0.780. The highest BCUT2D eigenvalue weighted by Crippen LogP contribution is 2.30. The van der Waals surface area contributed by atoms with Crippen LogP contribution in [0.2, 0.25) is 5.02 Å². The highest BCUT2D eigenvalue weighted by Gasteiger charge is 2.48. The zero-order valence-electron chi connectivity index (χ0n) is 14.2. The molecular weight excluding hydrogens is 360 g/mol. The number of imide groups is 1. The fourth-order valence-corrected chi connectivity index (χ4v) is 2.93. The first-order valence-corrected chi connectivity index (χ1v) is 8.31. The van der Waals surface area contributed by atoms with E-state index in [0.717, 1.165) is 4.90 Å². The van der Waals surface area contributed by atoms with E-state index in [9.17, 15) is 14.4 Å². The molecule has 1 unspecified atom stereocenters. The maximum atomic E-state index is 12.8. The minimum Gasteiger partial charge on any atom is -0.360 e. The molecule has 2 aromatic rings. The predicted molar refractivity (Wildman–Crippen MR) is 93.5 cm³/mol. The molecule has 26 heavy (non-hydrogen) atoms. The number of carbonyl (C=O) groups is 3. The Morgan fingerprint density at radius 2 is 2.15 bits per heavy atom. The molecular formula is C17H17ClN4O4. The van der Waals surface area contributed by atoms with Crippen LogP contribution in [0.5, 0.6) is 0 Å². The molecule has 2 heterocycles. The van der Waals surface area contributed by atoms with Gasteiger partial charge in [0, 0.05) is 24.1 Å². The number of benzene rings is 1. The van der Waals surface area contributed by atoms with Crippen molar-refractivity contribution in [1.29, 1.82) is 0 Å². The summed E-state index contributed by atoms with van der Waals surface area (Å²) in [6.07, 6.45) is -0.0588. The van der Waals surface area contributed by atoms with Crippen LogP contribution in [0, 0.1) is 6.92 Å². The number of hydrogen-bond acceptors (Lipinski definition) is 5. The van der Waals surface area contributed by atoms with Gasteiger partial charge in [0.1, 0.15) is 11.3 Å². The molecule has 8 nitrogen and oxygen atoms in total. The Hall–Kier alpha value is -2.87. The molecule has 0 aliphatic carbocycles. The van der Waals surface area contributed by atoms with Gasteiger partial charge in [-0.25, -0.2) is 4.79 Å². The average Bonchev–Trinajstić information content (AvgIpc) is 3.08. The molecule has 1 fully saturated rings. The largest absolute Gasteiger partial charge is 0.360 e. The molecule has 2 N–H and O–H groups in total. The Balaban J connectivity index is 1.66. The van der Waals surface area contributed by atoms with Crippen molar-refractivity contribution < 1.29 is 18.9 Å². The smallest absolute Gasteiger partial charge is 0.325 e. The van der Waals surface area contributed by atoms with E-state index in [1.807, 2.05) is 0 Å². The number of urea groups is 1. The second kappa shape index (κ2) is 6.80. The lowest BCUT2D eigenvalue weighted by Gasteiger charge is -2.22. The molecule has 1 atom stereocenters. The summed E-state index contributed by atoms with van der Waals surface area (Å²) in [6, 6.07) is 7.75. The van der Waals surface area contributed by atoms with Gasteiger partial charge in [-0.15, -0.1) is 0 Å². The van der Waals surface area contributed by atoms with E-state index in [4.69, 9.17) is 16.1 Å². The highest BCUT2D eigenvalue weighted by atomic mass is 35.5. The van der Waals surface area contributed by atoms with E-state index in [2.05, 4.69) is 15.8 Å². The fraction of sp³-hybridized carbons (Fsp3) is 0.294. The number of aromatic nitrogens is 1. The molecule has 1 aliphatic rings. The Kier molecular flexibility index (Phi) is 4.69. The lowest BCUT2D eigenvalue weighted by molar-refractivity contribution is -0.131. The average molecular weight is 377 g/mol. The molecule has 9 heteroatoms. The van der Waals surface area contributed by atoms with Crippen LogP contribution in [-0.2, 0) is 15.1 Å². The van der Waals surface area contributed by atoms with E-state index in [1.54, 1.807) is 44.2 Å². The van der Waals surface area contributed by atoms with Crippen LogP contribution >= 0.6 is 11.6 Å². The van der Waals surface area contributed by atoms with Crippen molar-refractivity contribution in [3.05, 3.63) is 46.7 Å². The monoisotopic (exact) mass is 376 g/mol. The summed E-state index contributed by atoms with van der Waals surface area (Å²) >= 11 is 5.98. The summed E-state index contributed by atoms with van der Waals surface area (Å²) in [5, 5.41) is 9.34. The van der Waals surface area contributed by atoms with Gasteiger partial charge in [-0.1, -0.05) is 28.9 Å². The van der Waals surface area contributed by atoms with Gasteiger partial charge in [0.2, 0.25) is 5.91 Å². The second-order valence-corrected chi connectivity index (χ2v) is 6.58. The van der Waals surface area contributed by atoms with Gasteiger partial charge in [0.15, 0.2) is 5.82 Å². The highest BCUT2D eigenvalue weighted by molar-refractivity contribution is 6.30. The molecule has 136 valence electrons. The van der Waals surface area contributed by atoms with E-state index < -0.39 is 17.5 Å². The summed E-state index contributed by atoms with van der Waals surface area (Å²) in [4.78, 5) is 38.0. The van der Waals surface area contributed by atoms with E-state index in [1.165, 1.54) is 0 Å². The summed E-state index contributed by atoms with van der Waals surface area (Å²) in [5.41, 5.74) is -0.643. The summed E-state index contributed by atoms with van der Waals surface area (Å²) in [7, 11) is 0. The number of nitrogens with one attached hydrogen (secondary N) is 2. The third kappa shape index (κ3) is 3.41. The molecule has 3 rings (SSSR count). The van der Waals surface area contributed by atoms with Crippen LogP contribution in [0.15, 0.2) is 34.9 Å². The van der Waals surface area contributed by atoms with Crippen LogP contribution in [-0.4, -0.2) is 34.4 Å². The number of carbonyl (C=O) groups excluding carboxylic acids is 3. The third-order valence-electron chi connectivity index (χ3n) is 4.13. The molecule has 0 radical (unpaired) electrons. The second-order valence-electron chi connectivity index (χ2n) is 6.14. The number of halogens is 1. The van der Waals surface area contributed by atoms with Crippen molar-refractivity contribution >= 4 is 35.3 Å². The van der Waals surface area contributed by atoms with E-state index in [-0.39, 0.29) is 24.7 Å². The van der Waals surface area contributed by atoms with Crippen LogP contribution in [0.1, 0.15) is 24.7 Å². The Morgan fingerprint density at radius 3 is 2.81 bits per heavy atom. The van der Waals surface area contributed by atoms with E-state index >= 15 is 0 Å². The molecule has 4 amide bonds. The lowest BCUT2D eigenvalue weighted by Crippen LogP contribution is -2.41. The Bertz CT molecular complexity index is 881. The summed E-state index contributed by atoms with van der Waals surface area (Å²) < 4.78 is 4.86. The predicted octanol–water partition coefficient (Wildman–Crippen LogP) is 2.43. The van der Waals surface area contributed by atoms with Crippen molar-refractivity contribution in [2.75, 3.05) is 11.9 Å². The molecule has 0 saturated carbocycles. The molecule has 0 bridgehead atoms. The maximum absolute atomic E-state index is 12.8. The van der Waals surface area contributed by atoms with Crippen molar-refractivity contribution in [1.82, 2.24) is 15.4 Å². The normalized spacial score (nSPS) is 19.6. The van der Waals surface area contributed by atoms with Gasteiger partial charge < -0.3 is 15.2 Å². The molecule has 0 spiro atoms. The fourth-order valence-electron chi connectivity index (χ4n) is 2.74. The van der Waals surface area contributed by atoms with Crippen LogP contribution in [0.4, 0.5) is 10.6 Å². The zero-order valence-corrected chi connectivity index (χ0v) is 15.0. The van der Waals surface area contributed by atoms with Crippen molar-refractivity contribution in [3.8, 4) is 0 Å².